The van der Waals surface area contributed by atoms with Gasteiger partial charge in [0.25, 0.3) is 0 Å². The van der Waals surface area contributed by atoms with Crippen LogP contribution in [0.15, 0.2) is 53.0 Å². The summed E-state index contributed by atoms with van der Waals surface area (Å²) >= 11 is 3.45. The van der Waals surface area contributed by atoms with E-state index in [1.807, 2.05) is 36.4 Å². The fourth-order valence-electron chi connectivity index (χ4n) is 1.62. The number of anilines is 1. The lowest BCUT2D eigenvalue weighted by molar-refractivity contribution is -0.114. The molecule has 0 saturated heterocycles. The lowest BCUT2D eigenvalue weighted by Gasteiger charge is -2.05. The molecule has 2 aromatic carbocycles. The Bertz CT molecular complexity index is 534. The van der Waals surface area contributed by atoms with Crippen LogP contribution in [-0.2, 0) is 4.79 Å². The van der Waals surface area contributed by atoms with Crippen LogP contribution in [0.25, 0.3) is 11.1 Å². The van der Waals surface area contributed by atoms with Crippen LogP contribution < -0.4 is 5.32 Å². The average molecular weight is 290 g/mol. The lowest BCUT2D eigenvalue weighted by atomic mass is 10.1. The number of hydrogen-bond donors (Lipinski definition) is 1. The normalized spacial score (nSPS) is 10.0. The maximum absolute atomic E-state index is 10.9. The Balaban J connectivity index is 2.26. The molecule has 3 heteroatoms. The van der Waals surface area contributed by atoms with Crippen molar-refractivity contribution in [2.75, 3.05) is 5.32 Å². The third kappa shape index (κ3) is 3.17. The predicted octanol–water partition coefficient (Wildman–Crippen LogP) is 4.07. The number of carbonyl (C=O) groups is 1. The molecule has 0 atom stereocenters. The molecule has 0 bridgehead atoms. The van der Waals surface area contributed by atoms with Gasteiger partial charge in [-0.3, -0.25) is 4.79 Å². The van der Waals surface area contributed by atoms with Crippen LogP contribution in [0.5, 0.6) is 0 Å². The number of carbonyl (C=O) groups excluding carboxylic acids is 1. The highest BCUT2D eigenvalue weighted by Crippen LogP contribution is 2.24. The second kappa shape index (κ2) is 5.15. The summed E-state index contributed by atoms with van der Waals surface area (Å²) in [6.45, 7) is 1.50. The van der Waals surface area contributed by atoms with Crippen LogP contribution in [0.2, 0.25) is 0 Å². The summed E-state index contributed by atoms with van der Waals surface area (Å²) < 4.78 is 1.06. The van der Waals surface area contributed by atoms with Crippen LogP contribution in [0.4, 0.5) is 5.69 Å². The minimum absolute atomic E-state index is 0.0554. The highest BCUT2D eigenvalue weighted by Gasteiger charge is 1.99. The first-order chi connectivity index (χ1) is 8.15. The van der Waals surface area contributed by atoms with Gasteiger partial charge in [-0.25, -0.2) is 0 Å². The van der Waals surface area contributed by atoms with Gasteiger partial charge < -0.3 is 5.32 Å². The Morgan fingerprint density at radius 1 is 1.06 bits per heavy atom. The van der Waals surface area contributed by atoms with E-state index in [0.717, 1.165) is 21.3 Å². The molecule has 0 unspecified atom stereocenters. The van der Waals surface area contributed by atoms with Gasteiger partial charge in [0.1, 0.15) is 0 Å². The SMILES string of the molecule is CC(=O)Nc1ccc(-c2cccc(Br)c2)cc1. The standard InChI is InChI=1S/C14H12BrNO/c1-10(17)16-14-7-5-11(6-8-14)12-3-2-4-13(15)9-12/h2-9H,1H3,(H,16,17). The summed E-state index contributed by atoms with van der Waals surface area (Å²) in [6.07, 6.45) is 0. The van der Waals surface area contributed by atoms with Crippen molar-refractivity contribution in [2.24, 2.45) is 0 Å². The molecule has 0 radical (unpaired) electrons. The van der Waals surface area contributed by atoms with Crippen LogP contribution in [-0.4, -0.2) is 5.91 Å². The molecule has 0 aliphatic carbocycles. The van der Waals surface area contributed by atoms with E-state index in [0.29, 0.717) is 0 Å². The number of nitrogens with one attached hydrogen (secondary N) is 1. The van der Waals surface area contributed by atoms with Crippen molar-refractivity contribution in [3.05, 3.63) is 53.0 Å². The molecule has 0 saturated carbocycles. The van der Waals surface area contributed by atoms with Gasteiger partial charge in [-0.2, -0.15) is 0 Å². The van der Waals surface area contributed by atoms with E-state index in [9.17, 15) is 4.79 Å². The van der Waals surface area contributed by atoms with Crippen molar-refractivity contribution in [3.8, 4) is 11.1 Å². The Labute approximate surface area is 109 Å². The van der Waals surface area contributed by atoms with Crippen LogP contribution >= 0.6 is 15.9 Å². The van der Waals surface area contributed by atoms with Gasteiger partial charge in [0.05, 0.1) is 0 Å². The third-order valence-electron chi connectivity index (χ3n) is 2.36. The summed E-state index contributed by atoms with van der Waals surface area (Å²) in [5.41, 5.74) is 3.09. The number of rotatable bonds is 2. The van der Waals surface area contributed by atoms with Gasteiger partial charge in [-0.05, 0) is 35.4 Å². The summed E-state index contributed by atoms with van der Waals surface area (Å²) in [5, 5.41) is 2.75. The first-order valence-corrected chi connectivity index (χ1v) is 6.08. The van der Waals surface area contributed by atoms with Crippen molar-refractivity contribution in [1.82, 2.24) is 0 Å². The van der Waals surface area contributed by atoms with E-state index in [1.54, 1.807) is 0 Å². The number of hydrogen-bond acceptors (Lipinski definition) is 1. The number of benzene rings is 2. The minimum Gasteiger partial charge on any atom is -0.326 e. The fourth-order valence-corrected chi connectivity index (χ4v) is 2.02. The molecular formula is C14H12BrNO. The van der Waals surface area contributed by atoms with Crippen molar-refractivity contribution >= 4 is 27.5 Å². The zero-order valence-corrected chi connectivity index (χ0v) is 11.0. The molecule has 0 spiro atoms. The largest absolute Gasteiger partial charge is 0.326 e. The molecular weight excluding hydrogens is 278 g/mol. The van der Waals surface area contributed by atoms with Gasteiger partial charge in [0, 0.05) is 17.1 Å². The average Bonchev–Trinajstić information content (AvgIpc) is 2.29. The number of halogens is 1. The van der Waals surface area contributed by atoms with E-state index in [1.165, 1.54) is 6.92 Å². The second-order valence-electron chi connectivity index (χ2n) is 3.77. The first-order valence-electron chi connectivity index (χ1n) is 5.29. The Hall–Kier alpha value is -1.61. The molecule has 0 fully saturated rings. The highest BCUT2D eigenvalue weighted by molar-refractivity contribution is 9.10. The number of amides is 1. The molecule has 2 aromatic rings. The molecule has 17 heavy (non-hydrogen) atoms. The Kier molecular flexibility index (Phi) is 3.59. The molecule has 0 aliphatic rings. The maximum atomic E-state index is 10.9. The molecule has 1 amide bonds. The summed E-state index contributed by atoms with van der Waals surface area (Å²) in [4.78, 5) is 10.9. The van der Waals surface area contributed by atoms with Crippen molar-refractivity contribution < 1.29 is 4.79 Å². The summed E-state index contributed by atoms with van der Waals surface area (Å²) in [6, 6.07) is 15.9. The van der Waals surface area contributed by atoms with Gasteiger partial charge in [0.2, 0.25) is 5.91 Å². The van der Waals surface area contributed by atoms with E-state index in [2.05, 4.69) is 33.4 Å². The molecule has 0 aromatic heterocycles. The lowest BCUT2D eigenvalue weighted by Crippen LogP contribution is -2.05. The highest BCUT2D eigenvalue weighted by atomic mass is 79.9. The molecule has 2 nitrogen and oxygen atoms in total. The Morgan fingerprint density at radius 2 is 1.76 bits per heavy atom. The Morgan fingerprint density at radius 3 is 2.35 bits per heavy atom. The van der Waals surface area contributed by atoms with Gasteiger partial charge in [0.15, 0.2) is 0 Å². The van der Waals surface area contributed by atoms with Gasteiger partial charge in [-0.15, -0.1) is 0 Å². The van der Waals surface area contributed by atoms with Crippen LogP contribution in [0.1, 0.15) is 6.92 Å². The van der Waals surface area contributed by atoms with E-state index < -0.39 is 0 Å². The van der Waals surface area contributed by atoms with Crippen LogP contribution in [0, 0.1) is 0 Å². The van der Waals surface area contributed by atoms with E-state index in [-0.39, 0.29) is 5.91 Å². The van der Waals surface area contributed by atoms with Gasteiger partial charge >= 0.3 is 0 Å². The first kappa shape index (κ1) is 11.9. The molecule has 2 rings (SSSR count). The van der Waals surface area contributed by atoms with Crippen LogP contribution in [0.3, 0.4) is 0 Å². The van der Waals surface area contributed by atoms with E-state index >= 15 is 0 Å². The predicted molar refractivity (Wildman–Crippen MR) is 73.9 cm³/mol. The zero-order chi connectivity index (χ0) is 12.3. The van der Waals surface area contributed by atoms with Crippen molar-refractivity contribution in [1.29, 1.82) is 0 Å². The minimum atomic E-state index is -0.0554. The fraction of sp³-hybridized carbons (Fsp3) is 0.0714. The maximum Gasteiger partial charge on any atom is 0.221 e. The third-order valence-corrected chi connectivity index (χ3v) is 2.86. The second-order valence-corrected chi connectivity index (χ2v) is 4.68. The monoisotopic (exact) mass is 289 g/mol. The van der Waals surface area contributed by atoms with E-state index in [4.69, 9.17) is 0 Å². The smallest absolute Gasteiger partial charge is 0.221 e. The zero-order valence-electron chi connectivity index (χ0n) is 9.41. The topological polar surface area (TPSA) is 29.1 Å². The molecule has 0 heterocycles. The molecule has 0 aliphatic heterocycles. The van der Waals surface area contributed by atoms with Gasteiger partial charge in [-0.1, -0.05) is 40.2 Å². The quantitative estimate of drug-likeness (QED) is 0.887. The molecule has 1 N–H and O–H groups in total. The summed E-state index contributed by atoms with van der Waals surface area (Å²) in [5.74, 6) is -0.0554. The van der Waals surface area contributed by atoms with Crippen molar-refractivity contribution in [2.45, 2.75) is 6.92 Å². The molecule has 86 valence electrons. The summed E-state index contributed by atoms with van der Waals surface area (Å²) in [7, 11) is 0. The van der Waals surface area contributed by atoms with Crippen molar-refractivity contribution in [3.63, 3.8) is 0 Å².